The molecular weight excluding hydrogens is 412 g/mol. The number of rotatable bonds is 8. The fourth-order valence-corrected chi connectivity index (χ4v) is 6.12. The molecule has 170 valence electrons. The third-order valence-corrected chi connectivity index (χ3v) is 8.05. The van der Waals surface area contributed by atoms with E-state index in [-0.39, 0.29) is 23.8 Å². The highest BCUT2D eigenvalue weighted by Gasteiger charge is 2.55. The van der Waals surface area contributed by atoms with Crippen LogP contribution in [0.2, 0.25) is 0 Å². The Hall–Kier alpha value is -1.93. The first-order valence-corrected chi connectivity index (χ1v) is 12.6. The lowest BCUT2D eigenvalue weighted by atomic mass is 9.74. The Morgan fingerprint density at radius 3 is 2.58 bits per heavy atom. The van der Waals surface area contributed by atoms with Crippen LogP contribution in [0.15, 0.2) is 17.5 Å². The molecule has 0 spiro atoms. The lowest BCUT2D eigenvalue weighted by Gasteiger charge is -2.41. The number of carbonyl (C=O) groups excluding carboxylic acids is 3. The number of imide groups is 1. The Kier molecular flexibility index (Phi) is 6.96. The maximum absolute atomic E-state index is 13.5. The van der Waals surface area contributed by atoms with E-state index in [1.165, 1.54) is 22.6 Å². The zero-order chi connectivity index (χ0) is 21.8. The number of likely N-dealkylation sites (tertiary alicyclic amines) is 2. The molecule has 3 aliphatic rings. The van der Waals surface area contributed by atoms with E-state index in [4.69, 9.17) is 0 Å². The Bertz CT molecular complexity index is 785. The third-order valence-electron chi connectivity index (χ3n) is 7.11. The summed E-state index contributed by atoms with van der Waals surface area (Å²) in [5.74, 6) is 0.202. The summed E-state index contributed by atoms with van der Waals surface area (Å²) in [6, 6.07) is 3.77. The molecule has 0 aromatic carbocycles. The van der Waals surface area contributed by atoms with Crippen molar-refractivity contribution in [2.24, 2.45) is 5.92 Å². The van der Waals surface area contributed by atoms with Gasteiger partial charge in [0.05, 0.1) is 6.54 Å². The Morgan fingerprint density at radius 2 is 1.94 bits per heavy atom. The first kappa shape index (κ1) is 22.3. The van der Waals surface area contributed by atoms with Crippen LogP contribution < -0.4 is 5.32 Å². The second-order valence-electron chi connectivity index (χ2n) is 9.08. The molecule has 0 saturated carbocycles. The highest BCUT2D eigenvalue weighted by atomic mass is 32.1. The number of thiophene rings is 1. The molecule has 1 N–H and O–H groups in total. The van der Waals surface area contributed by atoms with Gasteiger partial charge in [-0.1, -0.05) is 19.4 Å². The van der Waals surface area contributed by atoms with Gasteiger partial charge < -0.3 is 10.2 Å². The molecule has 1 unspecified atom stereocenters. The zero-order valence-corrected chi connectivity index (χ0v) is 19.3. The van der Waals surface area contributed by atoms with Crippen molar-refractivity contribution in [1.29, 1.82) is 0 Å². The predicted octanol–water partition coefficient (Wildman–Crippen LogP) is 2.72. The van der Waals surface area contributed by atoms with E-state index in [2.05, 4.69) is 17.1 Å². The van der Waals surface area contributed by atoms with E-state index in [9.17, 15) is 14.4 Å². The van der Waals surface area contributed by atoms with Crippen LogP contribution in [0.3, 0.4) is 0 Å². The Balaban J connectivity index is 1.38. The van der Waals surface area contributed by atoms with Gasteiger partial charge in [0, 0.05) is 24.5 Å². The van der Waals surface area contributed by atoms with Crippen LogP contribution in [0, 0.1) is 5.92 Å². The van der Waals surface area contributed by atoms with E-state index in [0.29, 0.717) is 39.0 Å². The number of nitrogens with one attached hydrogen (secondary N) is 1. The van der Waals surface area contributed by atoms with Gasteiger partial charge in [0.25, 0.3) is 5.91 Å². The molecule has 3 fully saturated rings. The SMILES string of the molecule is CCCC1(C2CCN(C(=O)CN3CCCC3)CC2)NC(=O)N(CCc2cccs2)C1=O. The molecule has 8 heteroatoms. The van der Waals surface area contributed by atoms with Crippen LogP contribution in [-0.2, 0) is 16.0 Å². The molecule has 4 heterocycles. The summed E-state index contributed by atoms with van der Waals surface area (Å²) in [4.78, 5) is 45.7. The van der Waals surface area contributed by atoms with Crippen molar-refractivity contribution in [3.63, 3.8) is 0 Å². The summed E-state index contributed by atoms with van der Waals surface area (Å²) in [6.07, 6.45) is 6.06. The number of amides is 4. The summed E-state index contributed by atoms with van der Waals surface area (Å²) < 4.78 is 0. The van der Waals surface area contributed by atoms with E-state index in [1.807, 2.05) is 22.4 Å². The molecule has 0 bridgehead atoms. The second-order valence-corrected chi connectivity index (χ2v) is 10.1. The number of piperidine rings is 1. The first-order valence-electron chi connectivity index (χ1n) is 11.7. The maximum Gasteiger partial charge on any atom is 0.325 e. The lowest BCUT2D eigenvalue weighted by molar-refractivity contribution is -0.136. The van der Waals surface area contributed by atoms with Crippen LogP contribution in [-0.4, -0.2) is 77.4 Å². The quantitative estimate of drug-likeness (QED) is 0.623. The minimum Gasteiger partial charge on any atom is -0.342 e. The lowest BCUT2D eigenvalue weighted by Crippen LogP contribution is -2.57. The minimum atomic E-state index is -0.814. The van der Waals surface area contributed by atoms with Crippen LogP contribution in [0.1, 0.15) is 50.3 Å². The van der Waals surface area contributed by atoms with Crippen LogP contribution >= 0.6 is 11.3 Å². The molecule has 1 aromatic rings. The van der Waals surface area contributed by atoms with Crippen molar-refractivity contribution in [2.75, 3.05) is 39.3 Å². The van der Waals surface area contributed by atoms with Gasteiger partial charge >= 0.3 is 6.03 Å². The molecule has 1 aromatic heterocycles. The highest BCUT2D eigenvalue weighted by molar-refractivity contribution is 7.09. The van der Waals surface area contributed by atoms with E-state index >= 15 is 0 Å². The second kappa shape index (κ2) is 9.69. The van der Waals surface area contributed by atoms with Gasteiger partial charge in [0.2, 0.25) is 5.91 Å². The average Bonchev–Trinajstić information content (AvgIpc) is 3.51. The summed E-state index contributed by atoms with van der Waals surface area (Å²) in [5.41, 5.74) is -0.814. The Morgan fingerprint density at radius 1 is 1.19 bits per heavy atom. The molecule has 7 nitrogen and oxygen atoms in total. The van der Waals surface area contributed by atoms with Crippen molar-refractivity contribution in [3.8, 4) is 0 Å². The van der Waals surface area contributed by atoms with Gasteiger partial charge in [0.1, 0.15) is 5.54 Å². The topological polar surface area (TPSA) is 73.0 Å². The predicted molar refractivity (Wildman–Crippen MR) is 121 cm³/mol. The summed E-state index contributed by atoms with van der Waals surface area (Å²) in [6.45, 7) is 6.36. The van der Waals surface area contributed by atoms with Gasteiger partial charge in [0.15, 0.2) is 0 Å². The summed E-state index contributed by atoms with van der Waals surface area (Å²) in [7, 11) is 0. The standard InChI is InChI=1S/C23H34N4O3S/c1-2-10-23(21(29)27(22(30)24-23)15-9-19-6-5-16-31-19)18-7-13-26(14-8-18)20(28)17-25-11-3-4-12-25/h5-6,16,18H,2-4,7-15,17H2,1H3,(H,24,30). The van der Waals surface area contributed by atoms with E-state index in [0.717, 1.165) is 32.4 Å². The summed E-state index contributed by atoms with van der Waals surface area (Å²) >= 11 is 1.65. The first-order chi connectivity index (χ1) is 15.0. The van der Waals surface area contributed by atoms with Crippen molar-refractivity contribution in [2.45, 2.75) is 57.4 Å². The number of carbonyl (C=O) groups is 3. The number of hydrogen-bond acceptors (Lipinski definition) is 5. The van der Waals surface area contributed by atoms with Gasteiger partial charge in [-0.05, 0) is 69.0 Å². The number of hydrogen-bond donors (Lipinski definition) is 1. The monoisotopic (exact) mass is 446 g/mol. The molecule has 31 heavy (non-hydrogen) atoms. The number of nitrogens with zero attached hydrogens (tertiary/aromatic N) is 3. The molecule has 3 aliphatic heterocycles. The van der Waals surface area contributed by atoms with Gasteiger partial charge in [-0.25, -0.2) is 4.79 Å². The van der Waals surface area contributed by atoms with Crippen molar-refractivity contribution >= 4 is 29.2 Å². The molecule has 1 atom stereocenters. The molecular formula is C23H34N4O3S. The summed E-state index contributed by atoms with van der Waals surface area (Å²) in [5, 5.41) is 5.12. The molecule has 4 amide bonds. The molecule has 4 rings (SSSR count). The molecule has 0 radical (unpaired) electrons. The normalized spacial score (nSPS) is 25.5. The fourth-order valence-electron chi connectivity index (χ4n) is 5.42. The maximum atomic E-state index is 13.5. The number of urea groups is 1. The van der Waals surface area contributed by atoms with Gasteiger partial charge in [-0.3, -0.25) is 19.4 Å². The van der Waals surface area contributed by atoms with E-state index < -0.39 is 5.54 Å². The zero-order valence-electron chi connectivity index (χ0n) is 18.5. The van der Waals surface area contributed by atoms with Gasteiger partial charge in [-0.2, -0.15) is 0 Å². The van der Waals surface area contributed by atoms with Crippen LogP contribution in [0.4, 0.5) is 4.79 Å². The van der Waals surface area contributed by atoms with E-state index in [1.54, 1.807) is 11.3 Å². The van der Waals surface area contributed by atoms with Crippen molar-refractivity contribution in [3.05, 3.63) is 22.4 Å². The van der Waals surface area contributed by atoms with Crippen molar-refractivity contribution < 1.29 is 14.4 Å². The molecule has 3 saturated heterocycles. The Labute approximate surface area is 188 Å². The van der Waals surface area contributed by atoms with Gasteiger partial charge in [-0.15, -0.1) is 11.3 Å². The van der Waals surface area contributed by atoms with Crippen LogP contribution in [0.5, 0.6) is 0 Å². The fraction of sp³-hybridized carbons (Fsp3) is 0.696. The minimum absolute atomic E-state index is 0.0715. The average molecular weight is 447 g/mol. The van der Waals surface area contributed by atoms with Crippen LogP contribution in [0.25, 0.3) is 0 Å². The molecule has 0 aliphatic carbocycles. The van der Waals surface area contributed by atoms with Crippen molar-refractivity contribution in [1.82, 2.24) is 20.0 Å². The largest absolute Gasteiger partial charge is 0.342 e. The third kappa shape index (κ3) is 4.65. The smallest absolute Gasteiger partial charge is 0.325 e. The highest BCUT2D eigenvalue weighted by Crippen LogP contribution is 2.37.